The minimum atomic E-state index is -0.913. The summed E-state index contributed by atoms with van der Waals surface area (Å²) in [4.78, 5) is 0. The van der Waals surface area contributed by atoms with Crippen LogP contribution in [0.15, 0.2) is 0 Å². The van der Waals surface area contributed by atoms with Crippen LogP contribution in [0.1, 0.15) is 25.7 Å². The zero-order chi connectivity index (χ0) is 18.7. The van der Waals surface area contributed by atoms with Gasteiger partial charge < -0.3 is 29.2 Å². The molecule has 0 amide bonds. The number of aliphatic hydroxyl groups is 2. The maximum absolute atomic E-state index is 12.4. The molecule has 28 heavy (non-hydrogen) atoms. The van der Waals surface area contributed by atoms with Crippen molar-refractivity contribution in [1.82, 2.24) is 0 Å². The molecular weight excluding hydrogens is 360 g/mol. The average Bonchev–Trinajstić information content (AvgIpc) is 3.44. The first-order chi connectivity index (χ1) is 13.6. The van der Waals surface area contributed by atoms with Crippen LogP contribution in [0, 0.1) is 59.2 Å². The molecule has 16 atom stereocenters. The highest BCUT2D eigenvalue weighted by Gasteiger charge is 2.89. The molecule has 2 aliphatic heterocycles. The average molecular weight is 390 g/mol. The van der Waals surface area contributed by atoms with Crippen molar-refractivity contribution in [3.8, 4) is 0 Å². The van der Waals surface area contributed by atoms with E-state index in [0.29, 0.717) is 35.5 Å². The quantitative estimate of drug-likeness (QED) is 0.733. The standard InChI is InChI=1S/C22H30O6/c1-25-19-21(23)15-7-4-6-10-12(7)18-13(15)14-16(22(18,24)20(26-2)28-10)8-3-5-9(27-19)11(8)17(14)21/h7-20,23-24H,3-6H2,1-2H3/t7-,8-,9-,10+,11+,12-,13-,14-,15+,16-,17-,18-,19-,20-,21-,22+/m1/s1. The van der Waals surface area contributed by atoms with Crippen LogP contribution in [0.3, 0.4) is 0 Å². The second-order valence-electron chi connectivity index (χ2n) is 11.2. The first-order valence-corrected chi connectivity index (χ1v) is 11.4. The van der Waals surface area contributed by atoms with Gasteiger partial charge in [-0.15, -0.1) is 0 Å². The van der Waals surface area contributed by atoms with Gasteiger partial charge in [0.1, 0.15) is 11.2 Å². The number of ether oxygens (including phenoxy) is 4. The molecule has 0 aromatic rings. The molecule has 0 aromatic heterocycles. The highest BCUT2D eigenvalue weighted by molar-refractivity contribution is 5.35. The number of hydrogen-bond donors (Lipinski definition) is 2. The monoisotopic (exact) mass is 390 g/mol. The smallest absolute Gasteiger partial charge is 0.186 e. The first kappa shape index (κ1) is 16.5. The molecule has 0 aromatic carbocycles. The number of hydrogen-bond acceptors (Lipinski definition) is 6. The second kappa shape index (κ2) is 4.66. The van der Waals surface area contributed by atoms with Gasteiger partial charge in [-0.1, -0.05) is 0 Å². The van der Waals surface area contributed by atoms with Gasteiger partial charge in [0.2, 0.25) is 0 Å². The van der Waals surface area contributed by atoms with Gasteiger partial charge in [-0.25, -0.2) is 0 Å². The van der Waals surface area contributed by atoms with E-state index >= 15 is 0 Å². The molecule has 154 valence electrons. The summed E-state index contributed by atoms with van der Waals surface area (Å²) in [6.45, 7) is 0. The van der Waals surface area contributed by atoms with E-state index in [4.69, 9.17) is 18.9 Å². The van der Waals surface area contributed by atoms with Gasteiger partial charge in [0, 0.05) is 26.1 Å². The molecule has 0 radical (unpaired) electrons. The molecular formula is C22H30O6. The first-order valence-electron chi connectivity index (χ1n) is 11.4. The Hall–Kier alpha value is -0.240. The van der Waals surface area contributed by atoms with Crippen molar-refractivity contribution >= 4 is 0 Å². The third kappa shape index (κ3) is 1.31. The molecule has 0 unspecified atom stereocenters. The molecule has 0 spiro atoms. The van der Waals surface area contributed by atoms with Gasteiger partial charge in [0.05, 0.1) is 12.2 Å². The van der Waals surface area contributed by atoms with E-state index in [1.807, 2.05) is 0 Å². The van der Waals surface area contributed by atoms with Crippen LogP contribution in [0.5, 0.6) is 0 Å². The van der Waals surface area contributed by atoms with Crippen molar-refractivity contribution in [2.45, 2.75) is 61.7 Å². The lowest BCUT2D eigenvalue weighted by Gasteiger charge is -2.51. The minimum absolute atomic E-state index is 0.157. The van der Waals surface area contributed by atoms with E-state index in [-0.39, 0.29) is 35.9 Å². The Morgan fingerprint density at radius 3 is 1.46 bits per heavy atom. The SMILES string of the molecule is CO[C@@H]1O[C@H]2CC[C@@H]3[C@H]2[C@@H]2[C@@H]4[C@H]5[C@H]6[C@H]7[C@@H](CC[C@H]7O[C@@H](OC)[C@@]6(O)[C@@H]34)[C@H]5[C@@]12O. The molecule has 6 saturated carbocycles. The molecule has 8 rings (SSSR count). The zero-order valence-corrected chi connectivity index (χ0v) is 16.4. The maximum atomic E-state index is 12.4. The van der Waals surface area contributed by atoms with Crippen LogP contribution in [-0.2, 0) is 18.9 Å². The third-order valence-electron chi connectivity index (χ3n) is 11.2. The Morgan fingerprint density at radius 1 is 0.643 bits per heavy atom. The van der Waals surface area contributed by atoms with Crippen LogP contribution in [-0.4, -0.2) is 60.4 Å². The zero-order valence-electron chi connectivity index (χ0n) is 16.4. The molecule has 8 aliphatic rings. The van der Waals surface area contributed by atoms with E-state index in [2.05, 4.69) is 0 Å². The number of rotatable bonds is 2. The normalized spacial score (nSPS) is 74.1. The van der Waals surface area contributed by atoms with Gasteiger partial charge in [0.25, 0.3) is 0 Å². The lowest BCUT2D eigenvalue weighted by Crippen LogP contribution is -2.62. The van der Waals surface area contributed by atoms with Gasteiger partial charge in [-0.05, 0) is 73.0 Å². The Kier molecular flexibility index (Phi) is 2.74. The fourth-order valence-corrected chi connectivity index (χ4v) is 11.3. The van der Waals surface area contributed by atoms with Crippen molar-refractivity contribution in [2.24, 2.45) is 59.2 Å². The summed E-state index contributed by atoms with van der Waals surface area (Å²) in [6.07, 6.45) is 3.41. The predicted octanol–water partition coefficient (Wildman–Crippen LogP) is 0.995. The van der Waals surface area contributed by atoms with Crippen LogP contribution >= 0.6 is 0 Å². The summed E-state index contributed by atoms with van der Waals surface area (Å²) in [6, 6.07) is 0. The fraction of sp³-hybridized carbons (Fsp3) is 1.00. The molecule has 2 N–H and O–H groups in total. The molecule has 6 heteroatoms. The maximum Gasteiger partial charge on any atom is 0.186 e. The summed E-state index contributed by atoms with van der Waals surface area (Å²) in [5.74, 6) is 2.90. The van der Waals surface area contributed by atoms with Crippen LogP contribution in [0.25, 0.3) is 0 Å². The predicted molar refractivity (Wildman–Crippen MR) is 94.6 cm³/mol. The fourth-order valence-electron chi connectivity index (χ4n) is 11.3. The van der Waals surface area contributed by atoms with E-state index in [0.717, 1.165) is 25.7 Å². The van der Waals surface area contributed by atoms with Crippen LogP contribution < -0.4 is 0 Å². The van der Waals surface area contributed by atoms with Gasteiger partial charge in [0.15, 0.2) is 12.6 Å². The molecule has 6 aliphatic carbocycles. The Balaban J connectivity index is 1.41. The summed E-state index contributed by atoms with van der Waals surface area (Å²) >= 11 is 0. The van der Waals surface area contributed by atoms with Gasteiger partial charge >= 0.3 is 0 Å². The third-order valence-corrected chi connectivity index (χ3v) is 11.2. The van der Waals surface area contributed by atoms with Crippen molar-refractivity contribution in [3.05, 3.63) is 0 Å². The number of fused-ring (bicyclic) bond motifs is 4. The molecule has 0 bridgehead atoms. The lowest BCUT2D eigenvalue weighted by atomic mass is 9.67. The summed E-state index contributed by atoms with van der Waals surface area (Å²) in [5, 5.41) is 24.7. The Morgan fingerprint density at radius 2 is 1.07 bits per heavy atom. The van der Waals surface area contributed by atoms with Gasteiger partial charge in [-0.2, -0.15) is 0 Å². The second-order valence-corrected chi connectivity index (χ2v) is 11.2. The molecule has 2 saturated heterocycles. The largest absolute Gasteiger partial charge is 0.384 e. The van der Waals surface area contributed by atoms with E-state index in [1.54, 1.807) is 14.2 Å². The lowest BCUT2D eigenvalue weighted by molar-refractivity contribution is -0.317. The van der Waals surface area contributed by atoms with Crippen molar-refractivity contribution in [3.63, 3.8) is 0 Å². The van der Waals surface area contributed by atoms with Crippen molar-refractivity contribution in [2.75, 3.05) is 14.2 Å². The van der Waals surface area contributed by atoms with Crippen LogP contribution in [0.4, 0.5) is 0 Å². The highest BCUT2D eigenvalue weighted by Crippen LogP contribution is 2.84. The molecule has 2 heterocycles. The van der Waals surface area contributed by atoms with Crippen LogP contribution in [0.2, 0.25) is 0 Å². The van der Waals surface area contributed by atoms with Crippen molar-refractivity contribution < 1.29 is 29.2 Å². The van der Waals surface area contributed by atoms with Crippen molar-refractivity contribution in [1.29, 1.82) is 0 Å². The highest BCUT2D eigenvalue weighted by atomic mass is 16.7. The summed E-state index contributed by atoms with van der Waals surface area (Å²) < 4.78 is 24.6. The minimum Gasteiger partial charge on any atom is -0.384 e. The summed E-state index contributed by atoms with van der Waals surface area (Å²) in [5.41, 5.74) is -1.83. The molecule has 6 nitrogen and oxygen atoms in total. The summed E-state index contributed by atoms with van der Waals surface area (Å²) in [7, 11) is 3.38. The Bertz CT molecular complexity index is 697. The van der Waals surface area contributed by atoms with Gasteiger partial charge in [-0.3, -0.25) is 0 Å². The Labute approximate surface area is 164 Å². The van der Waals surface area contributed by atoms with E-state index in [9.17, 15) is 10.2 Å². The van der Waals surface area contributed by atoms with E-state index < -0.39 is 23.8 Å². The number of methoxy groups -OCH3 is 2. The molecule has 8 fully saturated rings. The van der Waals surface area contributed by atoms with E-state index in [1.165, 1.54) is 0 Å². The topological polar surface area (TPSA) is 77.4 Å².